The van der Waals surface area contributed by atoms with Crippen LogP contribution in [0.15, 0.2) is 21.2 Å². The van der Waals surface area contributed by atoms with Crippen molar-refractivity contribution in [3.8, 4) is 0 Å². The smallest absolute Gasteiger partial charge is 0.358 e. The fourth-order valence-electron chi connectivity index (χ4n) is 1.65. The minimum atomic E-state index is -3.78. The van der Waals surface area contributed by atoms with Gasteiger partial charge in [0.15, 0.2) is 9.90 Å². The Labute approximate surface area is 131 Å². The zero-order valence-corrected chi connectivity index (χ0v) is 14.1. The summed E-state index contributed by atoms with van der Waals surface area (Å²) in [6, 6.07) is 1.94. The van der Waals surface area contributed by atoms with E-state index in [4.69, 9.17) is 0 Å². The van der Waals surface area contributed by atoms with E-state index >= 15 is 0 Å². The van der Waals surface area contributed by atoms with Crippen LogP contribution in [0.25, 0.3) is 0 Å². The number of methoxy groups -OCH3 is 1. The molecule has 0 atom stereocenters. The Morgan fingerprint density at radius 2 is 2.14 bits per heavy atom. The van der Waals surface area contributed by atoms with Gasteiger partial charge in [0.1, 0.15) is 0 Å². The van der Waals surface area contributed by atoms with Gasteiger partial charge < -0.3 is 4.74 Å². The molecule has 0 aliphatic carbocycles. The average Bonchev–Trinajstić information content (AvgIpc) is 3.08. The Morgan fingerprint density at radius 3 is 2.71 bits per heavy atom. The number of aromatic nitrogens is 1. The van der Waals surface area contributed by atoms with Crippen LogP contribution in [0, 0.1) is 6.92 Å². The first-order chi connectivity index (χ1) is 9.87. The van der Waals surface area contributed by atoms with Crippen LogP contribution in [-0.2, 0) is 21.3 Å². The van der Waals surface area contributed by atoms with E-state index in [0.717, 1.165) is 21.8 Å². The van der Waals surface area contributed by atoms with E-state index in [1.165, 1.54) is 35.3 Å². The third-order valence-corrected chi connectivity index (χ3v) is 7.05. The number of hydrogen-bond donors (Lipinski definition) is 0. The predicted octanol–water partition coefficient (Wildman–Crippen LogP) is 2.12. The molecule has 0 aliphatic heterocycles. The number of thiazole rings is 1. The Morgan fingerprint density at radius 1 is 1.43 bits per heavy atom. The van der Waals surface area contributed by atoms with Crippen molar-refractivity contribution in [1.82, 2.24) is 9.29 Å². The van der Waals surface area contributed by atoms with Crippen molar-refractivity contribution < 1.29 is 17.9 Å². The van der Waals surface area contributed by atoms with Gasteiger partial charge in [0.25, 0.3) is 10.0 Å². The number of thiophene rings is 1. The number of carbonyl (C=O) groups excluding carboxylic acids is 1. The van der Waals surface area contributed by atoms with Crippen molar-refractivity contribution >= 4 is 38.7 Å². The maximum Gasteiger partial charge on any atom is 0.358 e. The van der Waals surface area contributed by atoms with Gasteiger partial charge in [-0.05, 0) is 23.9 Å². The summed E-state index contributed by atoms with van der Waals surface area (Å²) in [4.78, 5) is 16.3. The molecule has 9 heteroatoms. The number of hydrogen-bond acceptors (Lipinski definition) is 7. The number of rotatable bonds is 5. The van der Waals surface area contributed by atoms with Crippen LogP contribution in [0.4, 0.5) is 0 Å². The number of carbonyl (C=O) groups is 1. The molecular formula is C12H14N2O4S3. The van der Waals surface area contributed by atoms with E-state index in [9.17, 15) is 13.2 Å². The van der Waals surface area contributed by atoms with Gasteiger partial charge in [0, 0.05) is 18.5 Å². The molecule has 21 heavy (non-hydrogen) atoms. The van der Waals surface area contributed by atoms with Crippen LogP contribution in [-0.4, -0.2) is 37.8 Å². The molecule has 0 saturated heterocycles. The lowest BCUT2D eigenvalue weighted by Crippen LogP contribution is -2.27. The van der Waals surface area contributed by atoms with Gasteiger partial charge in [-0.3, -0.25) is 0 Å². The van der Waals surface area contributed by atoms with E-state index in [0.29, 0.717) is 0 Å². The number of nitrogens with zero attached hydrogens (tertiary/aromatic N) is 2. The quantitative estimate of drug-likeness (QED) is 0.775. The van der Waals surface area contributed by atoms with Crippen molar-refractivity contribution in [3.63, 3.8) is 0 Å². The fraction of sp³-hybridized carbons (Fsp3) is 0.333. The third-order valence-electron chi connectivity index (χ3n) is 2.89. The molecule has 2 heterocycles. The number of esters is 1. The van der Waals surface area contributed by atoms with Crippen LogP contribution >= 0.6 is 22.7 Å². The Hall–Kier alpha value is -1.29. The second-order valence-electron chi connectivity index (χ2n) is 4.27. The second kappa shape index (κ2) is 6.22. The van der Waals surface area contributed by atoms with Crippen LogP contribution in [0.1, 0.15) is 20.9 Å². The van der Waals surface area contributed by atoms with E-state index in [1.54, 1.807) is 0 Å². The largest absolute Gasteiger partial charge is 0.464 e. The minimum absolute atomic E-state index is 0.0916. The highest BCUT2D eigenvalue weighted by Gasteiger charge is 2.30. The summed E-state index contributed by atoms with van der Waals surface area (Å²) in [7, 11) is -1.11. The summed E-state index contributed by atoms with van der Waals surface area (Å²) in [5, 5.41) is 1.91. The van der Waals surface area contributed by atoms with Gasteiger partial charge in [-0.25, -0.2) is 18.2 Å². The number of sulfonamides is 1. The highest BCUT2D eigenvalue weighted by molar-refractivity contribution is 7.91. The Bertz CT molecular complexity index is 748. The zero-order valence-electron chi connectivity index (χ0n) is 11.7. The molecule has 0 unspecified atom stereocenters. The third kappa shape index (κ3) is 3.15. The molecule has 2 rings (SSSR count). The maximum atomic E-state index is 12.6. The summed E-state index contributed by atoms with van der Waals surface area (Å²) in [6.45, 7) is 2.18. The van der Waals surface area contributed by atoms with E-state index < -0.39 is 16.0 Å². The Kier molecular flexibility index (Phi) is 4.77. The molecule has 0 saturated carbocycles. The molecule has 2 aromatic heterocycles. The SMILES string of the molecule is COC(=O)c1ncsc1S(=O)(=O)N(C)Cc1sccc1C. The Balaban J connectivity index is 2.32. The molecule has 0 aliphatic rings. The summed E-state index contributed by atoms with van der Waals surface area (Å²) in [5.74, 6) is -0.754. The lowest BCUT2D eigenvalue weighted by atomic mass is 10.3. The van der Waals surface area contributed by atoms with Gasteiger partial charge in [-0.1, -0.05) is 0 Å². The van der Waals surface area contributed by atoms with E-state index in [2.05, 4.69) is 9.72 Å². The van der Waals surface area contributed by atoms with E-state index in [-0.39, 0.29) is 16.4 Å². The molecule has 0 radical (unpaired) electrons. The first-order valence-electron chi connectivity index (χ1n) is 5.89. The molecule has 0 spiro atoms. The van der Waals surface area contributed by atoms with Gasteiger partial charge in [-0.15, -0.1) is 22.7 Å². The summed E-state index contributed by atoms with van der Waals surface area (Å²) >= 11 is 2.40. The van der Waals surface area contributed by atoms with E-state index in [1.807, 2.05) is 18.4 Å². The second-order valence-corrected chi connectivity index (χ2v) is 8.36. The summed E-state index contributed by atoms with van der Waals surface area (Å²) in [5.41, 5.74) is 2.19. The molecule has 0 aromatic carbocycles. The molecule has 114 valence electrons. The highest BCUT2D eigenvalue weighted by Crippen LogP contribution is 2.26. The lowest BCUT2D eigenvalue weighted by Gasteiger charge is -2.16. The fourth-order valence-corrected chi connectivity index (χ4v) is 5.15. The average molecular weight is 346 g/mol. The van der Waals surface area contributed by atoms with Gasteiger partial charge in [0.05, 0.1) is 12.6 Å². The minimum Gasteiger partial charge on any atom is -0.464 e. The molecular weight excluding hydrogens is 332 g/mol. The summed E-state index contributed by atoms with van der Waals surface area (Å²) < 4.78 is 30.8. The van der Waals surface area contributed by atoms with Crippen LogP contribution in [0.3, 0.4) is 0 Å². The number of aryl methyl sites for hydroxylation is 1. The number of ether oxygens (including phenoxy) is 1. The van der Waals surface area contributed by atoms with Crippen molar-refractivity contribution in [2.45, 2.75) is 17.7 Å². The molecule has 6 nitrogen and oxygen atoms in total. The normalized spacial score (nSPS) is 11.8. The molecule has 0 fully saturated rings. The zero-order chi connectivity index (χ0) is 15.6. The van der Waals surface area contributed by atoms with Crippen molar-refractivity contribution in [1.29, 1.82) is 0 Å². The first kappa shape index (κ1) is 16.1. The predicted molar refractivity (Wildman–Crippen MR) is 81.2 cm³/mol. The van der Waals surface area contributed by atoms with Gasteiger partial charge >= 0.3 is 5.97 Å². The maximum absolute atomic E-state index is 12.6. The standard InChI is InChI=1S/C12H14N2O4S3/c1-8-4-5-19-9(8)6-14(2)21(16,17)12-10(11(15)18-3)13-7-20-12/h4-5,7H,6H2,1-3H3. The van der Waals surface area contributed by atoms with Crippen LogP contribution in [0.2, 0.25) is 0 Å². The van der Waals surface area contributed by atoms with Crippen molar-refractivity contribution in [2.75, 3.05) is 14.2 Å². The van der Waals surface area contributed by atoms with Crippen molar-refractivity contribution in [3.05, 3.63) is 33.1 Å². The van der Waals surface area contributed by atoms with Gasteiger partial charge in [0.2, 0.25) is 0 Å². The molecule has 0 bridgehead atoms. The molecule has 0 amide bonds. The topological polar surface area (TPSA) is 76.6 Å². The van der Waals surface area contributed by atoms with Gasteiger partial charge in [-0.2, -0.15) is 4.31 Å². The monoisotopic (exact) mass is 346 g/mol. The highest BCUT2D eigenvalue weighted by atomic mass is 32.2. The van der Waals surface area contributed by atoms with Crippen LogP contribution < -0.4 is 0 Å². The lowest BCUT2D eigenvalue weighted by molar-refractivity contribution is 0.0590. The van der Waals surface area contributed by atoms with Crippen molar-refractivity contribution in [2.24, 2.45) is 0 Å². The summed E-state index contributed by atoms with van der Waals surface area (Å²) in [6.07, 6.45) is 0. The van der Waals surface area contributed by atoms with Crippen LogP contribution in [0.5, 0.6) is 0 Å². The molecule has 2 aromatic rings. The molecule has 0 N–H and O–H groups in total. The first-order valence-corrected chi connectivity index (χ1v) is 9.09.